The highest BCUT2D eigenvalue weighted by Gasteiger charge is 2.66. The molecule has 0 aromatic rings. The fourth-order valence-electron chi connectivity index (χ4n) is 5.38. The largest absolute Gasteiger partial charge is 0.325 e. The van der Waals surface area contributed by atoms with Crippen molar-refractivity contribution in [2.45, 2.75) is 49.6 Å². The van der Waals surface area contributed by atoms with Crippen LogP contribution in [0.25, 0.3) is 0 Å². The van der Waals surface area contributed by atoms with Crippen LogP contribution in [-0.4, -0.2) is 36.1 Å². The van der Waals surface area contributed by atoms with Crippen molar-refractivity contribution in [3.05, 3.63) is 0 Å². The van der Waals surface area contributed by atoms with Gasteiger partial charge in [-0.3, -0.25) is 0 Å². The Morgan fingerprint density at radius 1 is 1.24 bits per heavy atom. The number of nitrogens with two attached hydrogens (primary N) is 1. The van der Waals surface area contributed by atoms with Gasteiger partial charge in [-0.1, -0.05) is 0 Å². The summed E-state index contributed by atoms with van der Waals surface area (Å²) < 4.78 is 26.1. The minimum absolute atomic E-state index is 0.0406. The third-order valence-corrected chi connectivity index (χ3v) is 7.73. The quantitative estimate of drug-likeness (QED) is 0.750. The predicted molar refractivity (Wildman–Crippen MR) is 64.8 cm³/mol. The number of hydrogen-bond donors (Lipinski definition) is 1. The summed E-state index contributed by atoms with van der Waals surface area (Å²) in [5.41, 5.74) is 6.38. The van der Waals surface area contributed by atoms with Gasteiger partial charge in [0.05, 0.1) is 5.75 Å². The first-order chi connectivity index (χ1) is 7.94. The van der Waals surface area contributed by atoms with Crippen LogP contribution in [0.3, 0.4) is 0 Å². The Balaban J connectivity index is 1.76. The van der Waals surface area contributed by atoms with Crippen LogP contribution in [0.5, 0.6) is 0 Å². The molecule has 0 aromatic carbocycles. The molecule has 17 heavy (non-hydrogen) atoms. The van der Waals surface area contributed by atoms with Crippen molar-refractivity contribution >= 4 is 10.0 Å². The third kappa shape index (κ3) is 1.23. The van der Waals surface area contributed by atoms with Gasteiger partial charge in [-0.2, -0.15) is 4.31 Å². The molecule has 4 bridgehead atoms. The van der Waals surface area contributed by atoms with E-state index >= 15 is 0 Å². The Bertz CT molecular complexity index is 477. The van der Waals surface area contributed by atoms with Crippen molar-refractivity contribution in [2.75, 3.05) is 12.3 Å². The minimum Gasteiger partial charge on any atom is -0.325 e. The van der Waals surface area contributed by atoms with Gasteiger partial charge < -0.3 is 5.73 Å². The Morgan fingerprint density at radius 2 is 2.06 bits per heavy atom. The highest BCUT2D eigenvalue weighted by molar-refractivity contribution is 7.89. The maximum Gasteiger partial charge on any atom is 0.214 e. The Kier molecular flexibility index (Phi) is 1.83. The summed E-state index contributed by atoms with van der Waals surface area (Å²) >= 11 is 0. The summed E-state index contributed by atoms with van der Waals surface area (Å²) in [5, 5.41) is 0. The van der Waals surface area contributed by atoms with Gasteiger partial charge in [0.2, 0.25) is 10.0 Å². The van der Waals surface area contributed by atoms with Gasteiger partial charge in [0.15, 0.2) is 0 Å². The van der Waals surface area contributed by atoms with E-state index in [9.17, 15) is 8.42 Å². The van der Waals surface area contributed by atoms with E-state index in [-0.39, 0.29) is 11.1 Å². The number of hydrogen-bond acceptors (Lipinski definition) is 3. The molecular formula is C12H20N2O2S. The molecule has 5 rings (SSSR count). The lowest BCUT2D eigenvalue weighted by atomic mass is 9.75. The van der Waals surface area contributed by atoms with E-state index in [0.29, 0.717) is 17.6 Å². The van der Waals surface area contributed by atoms with Crippen LogP contribution in [0.2, 0.25) is 0 Å². The number of rotatable bonds is 1. The fourth-order valence-corrected chi connectivity index (χ4v) is 7.31. The van der Waals surface area contributed by atoms with E-state index in [4.69, 9.17) is 5.73 Å². The van der Waals surface area contributed by atoms with Crippen molar-refractivity contribution in [2.24, 2.45) is 17.6 Å². The molecule has 2 N–H and O–H groups in total. The molecule has 4 aliphatic carbocycles. The van der Waals surface area contributed by atoms with E-state index in [0.717, 1.165) is 38.6 Å². The summed E-state index contributed by atoms with van der Waals surface area (Å²) in [6, 6.07) is 0. The van der Waals surface area contributed by atoms with Crippen LogP contribution >= 0.6 is 0 Å². The summed E-state index contributed by atoms with van der Waals surface area (Å²) in [5.74, 6) is 1.61. The van der Waals surface area contributed by atoms with Gasteiger partial charge >= 0.3 is 0 Å². The molecular weight excluding hydrogens is 236 g/mol. The van der Waals surface area contributed by atoms with Crippen molar-refractivity contribution in [3.63, 3.8) is 0 Å². The first-order valence-corrected chi connectivity index (χ1v) is 8.34. The average Bonchev–Trinajstić information content (AvgIpc) is 2.72. The van der Waals surface area contributed by atoms with Crippen LogP contribution in [-0.2, 0) is 10.0 Å². The van der Waals surface area contributed by atoms with E-state index < -0.39 is 10.0 Å². The van der Waals surface area contributed by atoms with Crippen molar-refractivity contribution in [3.8, 4) is 0 Å². The lowest BCUT2D eigenvalue weighted by molar-refractivity contribution is 0.105. The van der Waals surface area contributed by atoms with Gasteiger partial charge in [-0.25, -0.2) is 8.42 Å². The molecule has 4 atom stereocenters. The zero-order chi connectivity index (χ0) is 11.9. The Morgan fingerprint density at radius 3 is 2.65 bits per heavy atom. The summed E-state index contributed by atoms with van der Waals surface area (Å²) in [6.07, 6.45) is 6.19. The standard InChI is InChI=1S/C12H20N2O2S/c13-12-6-9-4-10(12)7-11(5-9,8-12)14-2-1-3-17(14,15)16/h9-10H,1-8,13H2. The highest BCUT2D eigenvalue weighted by atomic mass is 32.2. The zero-order valence-electron chi connectivity index (χ0n) is 10.1. The van der Waals surface area contributed by atoms with Gasteiger partial charge in [0, 0.05) is 17.6 Å². The molecule has 4 nitrogen and oxygen atoms in total. The number of sulfonamides is 1. The second-order valence-electron chi connectivity index (χ2n) is 6.79. The van der Waals surface area contributed by atoms with Crippen molar-refractivity contribution in [1.29, 1.82) is 0 Å². The molecule has 5 aliphatic rings. The SMILES string of the molecule is NC12CC3CC1CC(N1CCCS1(=O)=O)(C3)C2. The molecule has 5 fully saturated rings. The molecule has 0 amide bonds. The molecule has 1 heterocycles. The second-order valence-corrected chi connectivity index (χ2v) is 8.80. The zero-order valence-corrected chi connectivity index (χ0v) is 10.9. The highest BCUT2D eigenvalue weighted by Crippen LogP contribution is 2.63. The van der Waals surface area contributed by atoms with Crippen LogP contribution < -0.4 is 5.73 Å². The molecule has 0 spiro atoms. The first kappa shape index (κ1) is 10.8. The van der Waals surface area contributed by atoms with Gasteiger partial charge in [0.1, 0.15) is 0 Å². The molecule has 0 radical (unpaired) electrons. The maximum atomic E-state index is 12.2. The van der Waals surface area contributed by atoms with Crippen LogP contribution in [0, 0.1) is 11.8 Å². The monoisotopic (exact) mass is 256 g/mol. The van der Waals surface area contributed by atoms with E-state index in [1.165, 1.54) is 6.42 Å². The molecule has 4 unspecified atom stereocenters. The maximum absolute atomic E-state index is 12.2. The average molecular weight is 256 g/mol. The summed E-state index contributed by atoms with van der Waals surface area (Å²) in [7, 11) is -2.98. The van der Waals surface area contributed by atoms with E-state index in [1.54, 1.807) is 0 Å². The van der Waals surface area contributed by atoms with E-state index in [2.05, 4.69) is 0 Å². The summed E-state index contributed by atoms with van der Waals surface area (Å²) in [6.45, 7) is 0.734. The molecule has 4 saturated carbocycles. The molecule has 1 aliphatic heterocycles. The van der Waals surface area contributed by atoms with Crippen LogP contribution in [0.4, 0.5) is 0 Å². The minimum atomic E-state index is -2.98. The van der Waals surface area contributed by atoms with Crippen molar-refractivity contribution < 1.29 is 8.42 Å². The van der Waals surface area contributed by atoms with Crippen molar-refractivity contribution in [1.82, 2.24) is 4.31 Å². The normalized spacial score (nSPS) is 55.8. The lowest BCUT2D eigenvalue weighted by Crippen LogP contribution is -2.54. The first-order valence-electron chi connectivity index (χ1n) is 6.73. The Hall–Kier alpha value is -0.130. The summed E-state index contributed by atoms with van der Waals surface area (Å²) in [4.78, 5) is 0. The molecule has 96 valence electrons. The van der Waals surface area contributed by atoms with Crippen LogP contribution in [0.1, 0.15) is 38.5 Å². The van der Waals surface area contributed by atoms with Gasteiger partial charge in [-0.15, -0.1) is 0 Å². The van der Waals surface area contributed by atoms with Gasteiger partial charge in [-0.05, 0) is 50.4 Å². The molecule has 1 saturated heterocycles. The fraction of sp³-hybridized carbons (Fsp3) is 1.00. The smallest absolute Gasteiger partial charge is 0.214 e. The molecule has 0 aromatic heterocycles. The lowest BCUT2D eigenvalue weighted by Gasteiger charge is -2.45. The number of nitrogens with zero attached hydrogens (tertiary/aromatic N) is 1. The second kappa shape index (κ2) is 2.89. The third-order valence-electron chi connectivity index (χ3n) is 5.68. The topological polar surface area (TPSA) is 63.4 Å². The molecule has 5 heteroatoms. The predicted octanol–water partition coefficient (Wildman–Crippen LogP) is 0.682. The Labute approximate surface area is 103 Å². The van der Waals surface area contributed by atoms with Gasteiger partial charge in [0.25, 0.3) is 0 Å². The van der Waals surface area contributed by atoms with Crippen LogP contribution in [0.15, 0.2) is 0 Å². The van der Waals surface area contributed by atoms with E-state index in [1.807, 2.05) is 4.31 Å².